The third-order valence-electron chi connectivity index (χ3n) is 3.34. The third kappa shape index (κ3) is 5.24. The van der Waals surface area contributed by atoms with E-state index in [4.69, 9.17) is 20.8 Å². The van der Waals surface area contributed by atoms with E-state index in [-0.39, 0.29) is 18.3 Å². The zero-order valence-electron chi connectivity index (χ0n) is 13.9. The number of aryl methyl sites for hydroxylation is 1. The molecule has 0 aliphatic carbocycles. The topological polar surface area (TPSA) is 77.2 Å². The van der Waals surface area contributed by atoms with Gasteiger partial charge in [0.1, 0.15) is 5.75 Å². The molecule has 26 heavy (non-hydrogen) atoms. The van der Waals surface area contributed by atoms with E-state index in [0.717, 1.165) is 17.0 Å². The monoisotopic (exact) mass is 389 g/mol. The molecule has 3 aromatic rings. The van der Waals surface area contributed by atoms with E-state index in [1.165, 1.54) is 11.8 Å². The van der Waals surface area contributed by atoms with E-state index in [9.17, 15) is 4.79 Å². The number of anilines is 1. The first kappa shape index (κ1) is 18.3. The summed E-state index contributed by atoms with van der Waals surface area (Å²) < 4.78 is 11.0. The number of halogens is 1. The van der Waals surface area contributed by atoms with Crippen LogP contribution < -0.4 is 10.1 Å². The molecule has 1 amide bonds. The SMILES string of the molecule is Cc1cc(Cl)ccc1NC(=O)CSc1nnc(COc2ccccc2)o1. The van der Waals surface area contributed by atoms with Gasteiger partial charge in [0.15, 0.2) is 6.61 Å². The molecule has 1 N–H and O–H groups in total. The van der Waals surface area contributed by atoms with Crippen LogP contribution in [0, 0.1) is 6.92 Å². The molecule has 0 spiro atoms. The van der Waals surface area contributed by atoms with Gasteiger partial charge in [-0.2, -0.15) is 0 Å². The van der Waals surface area contributed by atoms with Crippen LogP contribution in [0.5, 0.6) is 5.75 Å². The molecule has 3 rings (SSSR count). The zero-order valence-corrected chi connectivity index (χ0v) is 15.5. The maximum absolute atomic E-state index is 12.1. The number of benzene rings is 2. The number of rotatable bonds is 7. The molecular formula is C18H16ClN3O3S. The van der Waals surface area contributed by atoms with Crippen molar-refractivity contribution in [1.29, 1.82) is 0 Å². The Balaban J connectivity index is 1.47. The highest BCUT2D eigenvalue weighted by Gasteiger charge is 2.11. The molecule has 8 heteroatoms. The number of ether oxygens (including phenoxy) is 1. The molecule has 0 fully saturated rings. The van der Waals surface area contributed by atoms with Crippen LogP contribution in [0.4, 0.5) is 5.69 Å². The van der Waals surface area contributed by atoms with Crippen LogP contribution in [0.15, 0.2) is 58.2 Å². The average Bonchev–Trinajstić information content (AvgIpc) is 3.09. The number of carbonyl (C=O) groups excluding carboxylic acids is 1. The fourth-order valence-corrected chi connectivity index (χ4v) is 2.90. The van der Waals surface area contributed by atoms with E-state index < -0.39 is 0 Å². The molecule has 1 heterocycles. The smallest absolute Gasteiger partial charge is 0.277 e. The molecule has 0 aliphatic heterocycles. The highest BCUT2D eigenvalue weighted by Crippen LogP contribution is 2.21. The predicted octanol–water partition coefficient (Wildman–Crippen LogP) is 4.34. The van der Waals surface area contributed by atoms with Gasteiger partial charge in [0, 0.05) is 10.7 Å². The van der Waals surface area contributed by atoms with Crippen LogP contribution in [0.2, 0.25) is 5.02 Å². The van der Waals surface area contributed by atoms with Crippen LogP contribution in [-0.2, 0) is 11.4 Å². The summed E-state index contributed by atoms with van der Waals surface area (Å²) in [5.41, 5.74) is 1.62. The lowest BCUT2D eigenvalue weighted by atomic mass is 10.2. The van der Waals surface area contributed by atoms with Gasteiger partial charge in [0.05, 0.1) is 5.75 Å². The Morgan fingerprint density at radius 3 is 2.81 bits per heavy atom. The molecule has 0 bridgehead atoms. The zero-order chi connectivity index (χ0) is 18.4. The highest BCUT2D eigenvalue weighted by molar-refractivity contribution is 7.99. The Labute approximate surface area is 159 Å². The number of nitrogens with one attached hydrogen (secondary N) is 1. The van der Waals surface area contributed by atoms with E-state index in [1.54, 1.807) is 18.2 Å². The van der Waals surface area contributed by atoms with Crippen molar-refractivity contribution in [3.63, 3.8) is 0 Å². The minimum atomic E-state index is -0.166. The van der Waals surface area contributed by atoms with Crippen molar-refractivity contribution >= 4 is 35.0 Å². The second-order valence-corrected chi connectivity index (χ2v) is 6.72. The lowest BCUT2D eigenvalue weighted by Crippen LogP contribution is -2.14. The summed E-state index contributed by atoms with van der Waals surface area (Å²) in [4.78, 5) is 12.1. The van der Waals surface area contributed by atoms with Crippen molar-refractivity contribution in [2.24, 2.45) is 0 Å². The average molecular weight is 390 g/mol. The van der Waals surface area contributed by atoms with Gasteiger partial charge in [-0.1, -0.05) is 41.6 Å². The highest BCUT2D eigenvalue weighted by atomic mass is 35.5. The van der Waals surface area contributed by atoms with Crippen LogP contribution >= 0.6 is 23.4 Å². The Hall–Kier alpha value is -2.51. The minimum Gasteiger partial charge on any atom is -0.484 e. The number of para-hydroxylation sites is 1. The Morgan fingerprint density at radius 2 is 2.04 bits per heavy atom. The molecular weight excluding hydrogens is 374 g/mol. The number of thioether (sulfide) groups is 1. The maximum Gasteiger partial charge on any atom is 0.277 e. The molecule has 0 saturated carbocycles. The largest absolute Gasteiger partial charge is 0.484 e. The first-order valence-corrected chi connectivity index (χ1v) is 9.15. The second kappa shape index (κ2) is 8.73. The summed E-state index contributed by atoms with van der Waals surface area (Å²) in [5, 5.41) is 11.6. The van der Waals surface area contributed by atoms with Crippen molar-refractivity contribution in [1.82, 2.24) is 10.2 Å². The third-order valence-corrected chi connectivity index (χ3v) is 4.40. The number of hydrogen-bond acceptors (Lipinski definition) is 6. The van der Waals surface area contributed by atoms with Crippen molar-refractivity contribution in [2.75, 3.05) is 11.1 Å². The maximum atomic E-state index is 12.1. The Kier molecular flexibility index (Phi) is 6.14. The fraction of sp³-hybridized carbons (Fsp3) is 0.167. The van der Waals surface area contributed by atoms with Crippen molar-refractivity contribution in [3.05, 3.63) is 65.0 Å². The molecule has 6 nitrogen and oxygen atoms in total. The first-order chi connectivity index (χ1) is 12.6. The quantitative estimate of drug-likeness (QED) is 0.605. The molecule has 0 radical (unpaired) electrons. The van der Waals surface area contributed by atoms with Gasteiger partial charge in [-0.3, -0.25) is 4.79 Å². The van der Waals surface area contributed by atoms with Gasteiger partial charge >= 0.3 is 0 Å². The normalized spacial score (nSPS) is 10.5. The molecule has 0 atom stereocenters. The minimum absolute atomic E-state index is 0.156. The van der Waals surface area contributed by atoms with Crippen molar-refractivity contribution < 1.29 is 13.9 Å². The van der Waals surface area contributed by atoms with Gasteiger partial charge in [-0.15, -0.1) is 10.2 Å². The molecule has 0 unspecified atom stereocenters. The number of hydrogen-bond donors (Lipinski definition) is 1. The van der Waals surface area contributed by atoms with Gasteiger partial charge in [0.2, 0.25) is 5.91 Å². The molecule has 0 saturated heterocycles. The summed E-state index contributed by atoms with van der Waals surface area (Å²) in [5.74, 6) is 1.06. The van der Waals surface area contributed by atoms with Crippen LogP contribution in [-0.4, -0.2) is 21.9 Å². The number of aromatic nitrogens is 2. The predicted molar refractivity (Wildman–Crippen MR) is 101 cm³/mol. The number of carbonyl (C=O) groups is 1. The molecule has 0 aliphatic rings. The summed E-state index contributed by atoms with van der Waals surface area (Å²) in [6, 6.07) is 14.6. The summed E-state index contributed by atoms with van der Waals surface area (Å²) >= 11 is 7.07. The molecule has 134 valence electrons. The Bertz CT molecular complexity index is 886. The van der Waals surface area contributed by atoms with Crippen molar-refractivity contribution in [3.8, 4) is 5.75 Å². The van der Waals surface area contributed by atoms with E-state index >= 15 is 0 Å². The number of nitrogens with zero attached hydrogens (tertiary/aromatic N) is 2. The number of amides is 1. The van der Waals surface area contributed by atoms with Crippen molar-refractivity contribution in [2.45, 2.75) is 18.8 Å². The van der Waals surface area contributed by atoms with Gasteiger partial charge in [-0.25, -0.2) is 0 Å². The lowest BCUT2D eigenvalue weighted by molar-refractivity contribution is -0.113. The van der Waals surface area contributed by atoms with Gasteiger partial charge < -0.3 is 14.5 Å². The molecule has 2 aromatic carbocycles. The molecule has 1 aromatic heterocycles. The van der Waals surface area contributed by atoms with E-state index in [0.29, 0.717) is 16.1 Å². The summed E-state index contributed by atoms with van der Waals surface area (Å²) in [6.07, 6.45) is 0. The van der Waals surface area contributed by atoms with Crippen LogP contribution in [0.25, 0.3) is 0 Å². The summed E-state index contributed by atoms with van der Waals surface area (Å²) in [6.45, 7) is 2.05. The second-order valence-electron chi connectivity index (χ2n) is 5.36. The van der Waals surface area contributed by atoms with Gasteiger partial charge in [-0.05, 0) is 42.8 Å². The van der Waals surface area contributed by atoms with E-state index in [1.807, 2.05) is 37.3 Å². The summed E-state index contributed by atoms with van der Waals surface area (Å²) in [7, 11) is 0. The standard InChI is InChI=1S/C18H16ClN3O3S/c1-12-9-13(19)7-8-15(12)20-16(23)11-26-18-22-21-17(25-18)10-24-14-5-3-2-4-6-14/h2-9H,10-11H2,1H3,(H,20,23). The Morgan fingerprint density at radius 1 is 1.23 bits per heavy atom. The van der Waals surface area contributed by atoms with Crippen LogP contribution in [0.3, 0.4) is 0 Å². The van der Waals surface area contributed by atoms with E-state index in [2.05, 4.69) is 15.5 Å². The lowest BCUT2D eigenvalue weighted by Gasteiger charge is -2.07. The van der Waals surface area contributed by atoms with Gasteiger partial charge in [0.25, 0.3) is 11.1 Å². The fourth-order valence-electron chi connectivity index (χ4n) is 2.10. The first-order valence-electron chi connectivity index (χ1n) is 7.79. The van der Waals surface area contributed by atoms with Crippen LogP contribution in [0.1, 0.15) is 11.5 Å².